The van der Waals surface area contributed by atoms with Gasteiger partial charge in [-0.2, -0.15) is 0 Å². The molecule has 4 heterocycles. The molecule has 29 heavy (non-hydrogen) atoms. The van der Waals surface area contributed by atoms with Crippen LogP contribution in [0, 0.1) is 5.92 Å². The highest BCUT2D eigenvalue weighted by Crippen LogP contribution is 2.24. The molecular formula is C19H18N6O3S. The largest absolute Gasteiger partial charge is 0.416 e. The number of imidazole rings is 1. The SMILES string of the molecule is C=CCN1C(=O)N=C(C)C(Cc2nnc(SCc3cn4ccccc4n3)o2)C1=O. The van der Waals surface area contributed by atoms with E-state index in [2.05, 4.69) is 26.8 Å². The van der Waals surface area contributed by atoms with Crippen molar-refractivity contribution in [3.8, 4) is 0 Å². The van der Waals surface area contributed by atoms with E-state index in [9.17, 15) is 9.59 Å². The third kappa shape index (κ3) is 3.97. The number of rotatable bonds is 7. The number of fused-ring (bicyclic) bond motifs is 1. The molecule has 0 aliphatic carbocycles. The predicted octanol–water partition coefficient (Wildman–Crippen LogP) is 2.78. The summed E-state index contributed by atoms with van der Waals surface area (Å²) in [5.74, 6) is -0.0412. The first-order valence-corrected chi connectivity index (χ1v) is 9.93. The molecule has 9 nitrogen and oxygen atoms in total. The van der Waals surface area contributed by atoms with Gasteiger partial charge >= 0.3 is 6.03 Å². The molecule has 0 radical (unpaired) electrons. The average molecular weight is 410 g/mol. The highest BCUT2D eigenvalue weighted by Gasteiger charge is 2.36. The van der Waals surface area contributed by atoms with Crippen molar-refractivity contribution in [3.05, 3.63) is 54.8 Å². The number of imide groups is 1. The number of carbonyl (C=O) groups is 2. The molecule has 0 saturated heterocycles. The molecule has 0 N–H and O–H groups in total. The van der Waals surface area contributed by atoms with Crippen LogP contribution in [0.3, 0.4) is 0 Å². The Hall–Kier alpha value is -3.27. The van der Waals surface area contributed by atoms with E-state index in [1.54, 1.807) is 6.92 Å². The van der Waals surface area contributed by atoms with Gasteiger partial charge < -0.3 is 8.82 Å². The van der Waals surface area contributed by atoms with Crippen molar-refractivity contribution in [1.82, 2.24) is 24.5 Å². The zero-order valence-electron chi connectivity index (χ0n) is 15.7. The fourth-order valence-electron chi connectivity index (χ4n) is 3.03. The highest BCUT2D eigenvalue weighted by molar-refractivity contribution is 7.98. The number of aliphatic imine (C=N–C) groups is 1. The summed E-state index contributed by atoms with van der Waals surface area (Å²) in [6.45, 7) is 5.34. The van der Waals surface area contributed by atoms with Crippen LogP contribution in [0.25, 0.3) is 5.65 Å². The molecule has 1 atom stereocenters. The molecule has 148 valence electrons. The van der Waals surface area contributed by atoms with Crippen molar-refractivity contribution < 1.29 is 14.0 Å². The van der Waals surface area contributed by atoms with E-state index in [4.69, 9.17) is 4.42 Å². The minimum Gasteiger partial charge on any atom is -0.416 e. The first-order valence-electron chi connectivity index (χ1n) is 8.94. The summed E-state index contributed by atoms with van der Waals surface area (Å²) < 4.78 is 7.62. The van der Waals surface area contributed by atoms with E-state index in [1.807, 2.05) is 35.0 Å². The number of hydrogen-bond acceptors (Lipinski definition) is 7. The third-order valence-electron chi connectivity index (χ3n) is 4.47. The Labute approximate surface area is 170 Å². The van der Waals surface area contributed by atoms with Gasteiger partial charge in [0.25, 0.3) is 5.22 Å². The maximum absolute atomic E-state index is 12.6. The summed E-state index contributed by atoms with van der Waals surface area (Å²) in [4.78, 5) is 34.1. The van der Waals surface area contributed by atoms with E-state index < -0.39 is 11.9 Å². The van der Waals surface area contributed by atoms with Gasteiger partial charge in [-0.3, -0.25) is 9.69 Å². The molecule has 3 amide bonds. The topological polar surface area (TPSA) is 106 Å². The van der Waals surface area contributed by atoms with Gasteiger partial charge in [0.05, 0.1) is 11.6 Å². The van der Waals surface area contributed by atoms with Crippen LogP contribution in [0.1, 0.15) is 18.5 Å². The number of pyridine rings is 1. The van der Waals surface area contributed by atoms with Crippen LogP contribution in [0.15, 0.2) is 57.9 Å². The summed E-state index contributed by atoms with van der Waals surface area (Å²) in [5.41, 5.74) is 2.21. The van der Waals surface area contributed by atoms with Crippen molar-refractivity contribution in [2.75, 3.05) is 6.54 Å². The fourth-order valence-corrected chi connectivity index (χ4v) is 3.69. The van der Waals surface area contributed by atoms with Gasteiger partial charge in [0.2, 0.25) is 11.8 Å². The number of nitrogens with zero attached hydrogens (tertiary/aromatic N) is 6. The van der Waals surface area contributed by atoms with Gasteiger partial charge in [0, 0.05) is 36.8 Å². The first-order chi connectivity index (χ1) is 14.0. The van der Waals surface area contributed by atoms with Crippen LogP contribution in [-0.4, -0.2) is 48.7 Å². The van der Waals surface area contributed by atoms with Crippen LogP contribution < -0.4 is 0 Å². The zero-order valence-corrected chi connectivity index (χ0v) is 16.5. The quantitative estimate of drug-likeness (QED) is 0.435. The molecule has 0 saturated carbocycles. The Morgan fingerprint density at radius 1 is 1.31 bits per heavy atom. The molecule has 3 aromatic heterocycles. The smallest absolute Gasteiger partial charge is 0.350 e. The zero-order chi connectivity index (χ0) is 20.4. The molecular weight excluding hydrogens is 392 g/mol. The van der Waals surface area contributed by atoms with Gasteiger partial charge in [-0.05, 0) is 19.1 Å². The Morgan fingerprint density at radius 3 is 2.97 bits per heavy atom. The summed E-state index contributed by atoms with van der Waals surface area (Å²) in [6.07, 6.45) is 5.57. The van der Waals surface area contributed by atoms with Gasteiger partial charge in [-0.25, -0.2) is 14.8 Å². The monoisotopic (exact) mass is 410 g/mol. The van der Waals surface area contributed by atoms with E-state index in [0.717, 1.165) is 16.2 Å². The lowest BCUT2D eigenvalue weighted by molar-refractivity contribution is -0.130. The highest BCUT2D eigenvalue weighted by atomic mass is 32.2. The summed E-state index contributed by atoms with van der Waals surface area (Å²) in [6, 6.07) is 5.24. The summed E-state index contributed by atoms with van der Waals surface area (Å²) in [5, 5.41) is 8.46. The summed E-state index contributed by atoms with van der Waals surface area (Å²) >= 11 is 1.37. The van der Waals surface area contributed by atoms with Gasteiger partial charge in [0.15, 0.2) is 0 Å². The molecule has 3 aromatic rings. The van der Waals surface area contributed by atoms with E-state index in [0.29, 0.717) is 22.6 Å². The number of thioether (sulfide) groups is 1. The lowest BCUT2D eigenvalue weighted by Gasteiger charge is -2.27. The van der Waals surface area contributed by atoms with Gasteiger partial charge in [-0.1, -0.05) is 23.9 Å². The molecule has 1 aliphatic heterocycles. The Bertz CT molecular complexity index is 1090. The van der Waals surface area contributed by atoms with E-state index in [1.165, 1.54) is 17.8 Å². The fraction of sp³-hybridized carbons (Fsp3) is 0.263. The van der Waals surface area contributed by atoms with Crippen molar-refractivity contribution >= 4 is 35.1 Å². The molecule has 0 spiro atoms. The Kier molecular flexibility index (Phi) is 5.26. The molecule has 10 heteroatoms. The minimum absolute atomic E-state index is 0.120. The second-order valence-electron chi connectivity index (χ2n) is 6.48. The predicted molar refractivity (Wildman–Crippen MR) is 107 cm³/mol. The molecule has 0 fully saturated rings. The first kappa shape index (κ1) is 19.1. The molecule has 0 bridgehead atoms. The number of aromatic nitrogens is 4. The second-order valence-corrected chi connectivity index (χ2v) is 7.41. The van der Waals surface area contributed by atoms with Crippen LogP contribution in [0.2, 0.25) is 0 Å². The van der Waals surface area contributed by atoms with Gasteiger partial charge in [-0.15, -0.1) is 16.8 Å². The standard InChI is InChI=1S/C19H18N6O3S/c1-3-7-25-17(26)14(12(2)20-18(25)27)9-16-22-23-19(28-16)29-11-13-10-24-8-5-4-6-15(24)21-13/h3-6,8,10,14H,1,7,9,11H2,2H3. The number of hydrogen-bond donors (Lipinski definition) is 0. The number of urea groups is 1. The molecule has 1 aliphatic rings. The molecule has 4 rings (SSSR count). The maximum Gasteiger partial charge on any atom is 0.350 e. The van der Waals surface area contributed by atoms with E-state index >= 15 is 0 Å². The summed E-state index contributed by atoms with van der Waals surface area (Å²) in [7, 11) is 0. The minimum atomic E-state index is -0.607. The molecule has 0 aromatic carbocycles. The lowest BCUT2D eigenvalue weighted by Crippen LogP contribution is -2.46. The third-order valence-corrected chi connectivity index (χ3v) is 5.32. The van der Waals surface area contributed by atoms with Crippen molar-refractivity contribution in [2.24, 2.45) is 10.9 Å². The number of amides is 3. The number of carbonyl (C=O) groups excluding carboxylic acids is 2. The van der Waals surface area contributed by atoms with Crippen LogP contribution in [0.5, 0.6) is 0 Å². The average Bonchev–Trinajstić information content (AvgIpc) is 3.33. The van der Waals surface area contributed by atoms with E-state index in [-0.39, 0.29) is 18.9 Å². The Balaban J connectivity index is 1.42. The molecule has 1 unspecified atom stereocenters. The Morgan fingerprint density at radius 2 is 2.17 bits per heavy atom. The van der Waals surface area contributed by atoms with Crippen molar-refractivity contribution in [2.45, 2.75) is 24.3 Å². The van der Waals surface area contributed by atoms with Crippen LogP contribution >= 0.6 is 11.8 Å². The second kappa shape index (κ2) is 8.00. The van der Waals surface area contributed by atoms with Crippen molar-refractivity contribution in [3.63, 3.8) is 0 Å². The van der Waals surface area contributed by atoms with Crippen LogP contribution in [0.4, 0.5) is 4.79 Å². The normalized spacial score (nSPS) is 17.1. The van der Waals surface area contributed by atoms with Gasteiger partial charge in [0.1, 0.15) is 5.65 Å². The lowest BCUT2D eigenvalue weighted by atomic mass is 9.97. The van der Waals surface area contributed by atoms with Crippen LogP contribution in [-0.2, 0) is 17.0 Å². The van der Waals surface area contributed by atoms with Crippen molar-refractivity contribution in [1.29, 1.82) is 0 Å². The maximum atomic E-state index is 12.6.